The van der Waals surface area contributed by atoms with E-state index >= 15 is 0 Å². The number of hydrogen-bond donors (Lipinski definition) is 5. The Kier molecular flexibility index (Phi) is 5.86. The van der Waals surface area contributed by atoms with Gasteiger partial charge < -0.3 is 30.3 Å². The molecular formula is C8H16O6. The van der Waals surface area contributed by atoms with Gasteiger partial charge in [-0.05, 0) is 0 Å². The maximum absolute atomic E-state index is 9.12. The molecule has 1 unspecified atom stereocenters. The van der Waals surface area contributed by atoms with Gasteiger partial charge in [-0.25, -0.2) is 0 Å². The van der Waals surface area contributed by atoms with Crippen LogP contribution in [0.5, 0.6) is 0 Å². The highest BCUT2D eigenvalue weighted by Crippen LogP contribution is 2.18. The first kappa shape index (κ1) is 13.5. The minimum absolute atomic E-state index is 0.526. The van der Waals surface area contributed by atoms with E-state index in [0.717, 1.165) is 0 Å². The fourth-order valence-corrected chi connectivity index (χ4v) is 1.08. The Hall–Kier alpha value is -0.500. The Morgan fingerprint density at radius 1 is 0.929 bits per heavy atom. The van der Waals surface area contributed by atoms with E-state index in [-0.39, 0.29) is 0 Å². The van der Waals surface area contributed by atoms with Gasteiger partial charge in [0.15, 0.2) is 6.29 Å². The molecule has 14 heavy (non-hydrogen) atoms. The average molecular weight is 208 g/mol. The average Bonchev–Trinajstić information content (AvgIpc) is 2.23. The first-order valence-corrected chi connectivity index (χ1v) is 4.06. The SMILES string of the molecule is C=C.OC[C@H]1OC(O)[C@H](O)[C@@H](O)[C@@H]1O. The second-order valence-corrected chi connectivity index (χ2v) is 2.72. The predicted octanol–water partition coefficient (Wildman–Crippen LogP) is -2.42. The summed E-state index contributed by atoms with van der Waals surface area (Å²) in [5.74, 6) is 0. The second kappa shape index (κ2) is 6.07. The molecule has 5 atom stereocenters. The van der Waals surface area contributed by atoms with Gasteiger partial charge in [0.2, 0.25) is 0 Å². The van der Waals surface area contributed by atoms with Crippen LogP contribution < -0.4 is 0 Å². The van der Waals surface area contributed by atoms with E-state index in [0.29, 0.717) is 0 Å². The smallest absolute Gasteiger partial charge is 0.184 e. The summed E-state index contributed by atoms with van der Waals surface area (Å²) < 4.78 is 4.58. The van der Waals surface area contributed by atoms with E-state index in [9.17, 15) is 0 Å². The lowest BCUT2D eigenvalue weighted by atomic mass is 10.00. The molecule has 84 valence electrons. The minimum Gasteiger partial charge on any atom is -0.394 e. The quantitative estimate of drug-likeness (QED) is 0.307. The maximum Gasteiger partial charge on any atom is 0.184 e. The van der Waals surface area contributed by atoms with E-state index in [1.165, 1.54) is 0 Å². The topological polar surface area (TPSA) is 110 Å². The Morgan fingerprint density at radius 2 is 1.43 bits per heavy atom. The first-order chi connectivity index (χ1) is 6.57. The summed E-state index contributed by atoms with van der Waals surface area (Å²) in [6, 6.07) is 0. The maximum atomic E-state index is 9.12. The highest BCUT2D eigenvalue weighted by Gasteiger charge is 2.42. The van der Waals surface area contributed by atoms with Crippen molar-refractivity contribution in [1.29, 1.82) is 0 Å². The van der Waals surface area contributed by atoms with Gasteiger partial charge in [0.1, 0.15) is 24.4 Å². The number of aliphatic hydroxyl groups excluding tert-OH is 5. The monoisotopic (exact) mass is 208 g/mol. The van der Waals surface area contributed by atoms with E-state index in [1.54, 1.807) is 0 Å². The van der Waals surface area contributed by atoms with Crippen LogP contribution in [0.25, 0.3) is 0 Å². The molecule has 1 aliphatic rings. The van der Waals surface area contributed by atoms with Crippen LogP contribution in [0.15, 0.2) is 13.2 Å². The number of hydrogen-bond acceptors (Lipinski definition) is 6. The zero-order valence-corrected chi connectivity index (χ0v) is 7.65. The van der Waals surface area contributed by atoms with Gasteiger partial charge in [-0.3, -0.25) is 0 Å². The summed E-state index contributed by atoms with van der Waals surface area (Å²) in [6.45, 7) is 5.47. The van der Waals surface area contributed by atoms with Crippen LogP contribution in [0, 0.1) is 0 Å². The van der Waals surface area contributed by atoms with Crippen molar-refractivity contribution in [3.05, 3.63) is 13.2 Å². The van der Waals surface area contributed by atoms with Crippen molar-refractivity contribution < 1.29 is 30.3 Å². The van der Waals surface area contributed by atoms with Crippen molar-refractivity contribution in [3.63, 3.8) is 0 Å². The van der Waals surface area contributed by atoms with Crippen molar-refractivity contribution in [2.24, 2.45) is 0 Å². The molecule has 0 amide bonds. The Balaban J connectivity index is 0.000000791. The summed E-state index contributed by atoms with van der Waals surface area (Å²) in [4.78, 5) is 0. The van der Waals surface area contributed by atoms with Crippen molar-refractivity contribution in [2.45, 2.75) is 30.7 Å². The molecule has 0 aliphatic carbocycles. The molecule has 1 aliphatic heterocycles. The van der Waals surface area contributed by atoms with Crippen LogP contribution in [-0.4, -0.2) is 62.8 Å². The largest absolute Gasteiger partial charge is 0.394 e. The molecule has 1 fully saturated rings. The third kappa shape index (κ3) is 2.74. The molecule has 0 aromatic carbocycles. The molecular weight excluding hydrogens is 192 g/mol. The fraction of sp³-hybridized carbons (Fsp3) is 0.750. The lowest BCUT2D eigenvalue weighted by molar-refractivity contribution is -0.286. The van der Waals surface area contributed by atoms with Crippen molar-refractivity contribution in [3.8, 4) is 0 Å². The normalized spacial score (nSPS) is 42.5. The summed E-state index contributed by atoms with van der Waals surface area (Å²) in [6.07, 6.45) is -7.04. The van der Waals surface area contributed by atoms with E-state index < -0.39 is 37.3 Å². The molecule has 0 saturated carbocycles. The lowest BCUT2D eigenvalue weighted by Gasteiger charge is -2.37. The third-order valence-corrected chi connectivity index (χ3v) is 1.87. The molecule has 1 rings (SSSR count). The molecule has 5 N–H and O–H groups in total. The van der Waals surface area contributed by atoms with Gasteiger partial charge in [0.05, 0.1) is 6.61 Å². The molecule has 6 heteroatoms. The van der Waals surface area contributed by atoms with Gasteiger partial charge >= 0.3 is 0 Å². The van der Waals surface area contributed by atoms with Crippen molar-refractivity contribution in [1.82, 2.24) is 0 Å². The molecule has 1 saturated heterocycles. The van der Waals surface area contributed by atoms with Crippen LogP contribution in [-0.2, 0) is 4.74 Å². The molecule has 6 nitrogen and oxygen atoms in total. The number of ether oxygens (including phenoxy) is 1. The van der Waals surface area contributed by atoms with Crippen LogP contribution in [0.3, 0.4) is 0 Å². The third-order valence-electron chi connectivity index (χ3n) is 1.87. The highest BCUT2D eigenvalue weighted by atomic mass is 16.6. The first-order valence-electron chi connectivity index (χ1n) is 4.06. The van der Waals surface area contributed by atoms with Gasteiger partial charge in [0.25, 0.3) is 0 Å². The highest BCUT2D eigenvalue weighted by molar-refractivity contribution is 4.87. The Morgan fingerprint density at radius 3 is 1.86 bits per heavy atom. The molecule has 0 spiro atoms. The zero-order valence-electron chi connectivity index (χ0n) is 7.65. The summed E-state index contributed by atoms with van der Waals surface area (Å²) in [5.41, 5.74) is 0. The van der Waals surface area contributed by atoms with Gasteiger partial charge in [0, 0.05) is 0 Å². The Bertz CT molecular complexity index is 159. The molecule has 0 aromatic rings. The fourth-order valence-electron chi connectivity index (χ4n) is 1.08. The summed E-state index contributed by atoms with van der Waals surface area (Å²) in [5, 5.41) is 44.7. The molecule has 1 heterocycles. The van der Waals surface area contributed by atoms with E-state index in [1.807, 2.05) is 0 Å². The number of aliphatic hydroxyl groups is 5. The summed E-state index contributed by atoms with van der Waals surface area (Å²) >= 11 is 0. The summed E-state index contributed by atoms with van der Waals surface area (Å²) in [7, 11) is 0. The van der Waals surface area contributed by atoms with Gasteiger partial charge in [-0.1, -0.05) is 0 Å². The van der Waals surface area contributed by atoms with E-state index in [4.69, 9.17) is 25.5 Å². The lowest BCUT2D eigenvalue weighted by Crippen LogP contribution is -2.58. The standard InChI is InChI=1S/C6H12O6.C2H4/c7-1-2-3(8)4(9)5(10)6(11)12-2;1-2/h2-11H,1H2;1-2H2/t2-,3-,4+,5-,6?;/m1./s1. The Labute approximate surface area is 81.7 Å². The van der Waals surface area contributed by atoms with Gasteiger partial charge in [-0.15, -0.1) is 13.2 Å². The predicted molar refractivity (Wildman–Crippen MR) is 47.2 cm³/mol. The molecule has 0 aromatic heterocycles. The van der Waals surface area contributed by atoms with E-state index in [2.05, 4.69) is 17.9 Å². The molecule has 0 radical (unpaired) electrons. The van der Waals surface area contributed by atoms with Gasteiger partial charge in [-0.2, -0.15) is 0 Å². The van der Waals surface area contributed by atoms with Crippen molar-refractivity contribution >= 4 is 0 Å². The van der Waals surface area contributed by atoms with Crippen molar-refractivity contribution in [2.75, 3.05) is 6.61 Å². The van der Waals surface area contributed by atoms with Crippen LogP contribution in [0.4, 0.5) is 0 Å². The van der Waals surface area contributed by atoms with Crippen LogP contribution in [0.2, 0.25) is 0 Å². The minimum atomic E-state index is -1.57. The van der Waals surface area contributed by atoms with Crippen LogP contribution >= 0.6 is 0 Å². The number of rotatable bonds is 1. The molecule has 0 bridgehead atoms. The second-order valence-electron chi connectivity index (χ2n) is 2.72. The zero-order chi connectivity index (χ0) is 11.3. The van der Waals surface area contributed by atoms with Crippen LogP contribution in [0.1, 0.15) is 0 Å².